The number of nitrogens with one attached hydrogen (secondary N) is 1. The van der Waals surface area contributed by atoms with Crippen molar-refractivity contribution < 1.29 is 14.1 Å². The number of amides is 1. The Morgan fingerprint density at radius 1 is 1.14 bits per heavy atom. The lowest BCUT2D eigenvalue weighted by molar-refractivity contribution is 0.102. The van der Waals surface area contributed by atoms with Gasteiger partial charge in [0, 0.05) is 11.9 Å². The van der Waals surface area contributed by atoms with Crippen molar-refractivity contribution in [1.29, 1.82) is 0 Å². The zero-order valence-corrected chi connectivity index (χ0v) is 11.4. The standard InChI is InChI=1S/C16H11N3O3/c20-16(18-10-4-2-1-3-5-10)11-6-7-12-13-14(11)21-9-8-17-15(13)19-22-12/h1-8H,9H2,(H,18,20). The molecule has 0 atom stereocenters. The van der Waals surface area contributed by atoms with E-state index in [9.17, 15) is 4.79 Å². The van der Waals surface area contributed by atoms with Crippen LogP contribution in [-0.2, 0) is 0 Å². The molecule has 1 aliphatic heterocycles. The van der Waals surface area contributed by atoms with Gasteiger partial charge in [-0.15, -0.1) is 0 Å². The van der Waals surface area contributed by atoms with E-state index in [1.54, 1.807) is 18.3 Å². The smallest absolute Gasteiger partial charge is 0.259 e. The minimum Gasteiger partial charge on any atom is -0.486 e. The number of nitrogens with zero attached hydrogens (tertiary/aromatic N) is 2. The lowest BCUT2D eigenvalue weighted by Gasteiger charge is -2.10. The summed E-state index contributed by atoms with van der Waals surface area (Å²) in [5.74, 6) is 0.619. The number of benzene rings is 2. The molecule has 6 heteroatoms. The molecule has 2 aromatic carbocycles. The minimum absolute atomic E-state index is 0.253. The summed E-state index contributed by atoms with van der Waals surface area (Å²) < 4.78 is 10.9. The van der Waals surface area contributed by atoms with E-state index in [0.29, 0.717) is 28.1 Å². The topological polar surface area (TPSA) is 76.7 Å². The van der Waals surface area contributed by atoms with Crippen LogP contribution in [0, 0.1) is 0 Å². The van der Waals surface area contributed by atoms with Crippen LogP contribution in [0.1, 0.15) is 10.4 Å². The number of aliphatic imine (C=N–C) groups is 1. The maximum atomic E-state index is 12.5. The molecule has 1 aromatic heterocycles. The molecule has 6 nitrogen and oxygen atoms in total. The van der Waals surface area contributed by atoms with E-state index in [1.165, 1.54) is 0 Å². The number of para-hydroxylation sites is 1. The van der Waals surface area contributed by atoms with Crippen LogP contribution in [0.4, 0.5) is 11.5 Å². The van der Waals surface area contributed by atoms with Crippen molar-refractivity contribution in [3.05, 3.63) is 48.0 Å². The lowest BCUT2D eigenvalue weighted by atomic mass is 10.1. The summed E-state index contributed by atoms with van der Waals surface area (Å²) in [6.45, 7) is 0.279. The van der Waals surface area contributed by atoms with Crippen LogP contribution in [0.5, 0.6) is 5.75 Å². The van der Waals surface area contributed by atoms with Crippen molar-refractivity contribution in [2.75, 3.05) is 11.9 Å². The van der Waals surface area contributed by atoms with E-state index in [-0.39, 0.29) is 12.5 Å². The zero-order chi connectivity index (χ0) is 14.9. The first-order valence-electron chi connectivity index (χ1n) is 6.77. The molecule has 1 amide bonds. The number of ether oxygens (including phenoxy) is 1. The first-order valence-corrected chi connectivity index (χ1v) is 6.77. The molecule has 3 aromatic rings. The maximum Gasteiger partial charge on any atom is 0.259 e. The molecule has 0 spiro atoms. The molecule has 108 valence electrons. The van der Waals surface area contributed by atoms with Crippen molar-refractivity contribution >= 4 is 34.6 Å². The fourth-order valence-electron chi connectivity index (χ4n) is 2.37. The highest BCUT2D eigenvalue weighted by Gasteiger charge is 2.22. The van der Waals surface area contributed by atoms with Gasteiger partial charge in [0.05, 0.1) is 5.56 Å². The van der Waals surface area contributed by atoms with Gasteiger partial charge in [-0.05, 0) is 24.3 Å². The van der Waals surface area contributed by atoms with Crippen LogP contribution in [0.2, 0.25) is 0 Å². The van der Waals surface area contributed by atoms with Gasteiger partial charge in [-0.1, -0.05) is 23.4 Å². The molecule has 0 aliphatic carbocycles. The molecule has 4 rings (SSSR count). The Kier molecular flexibility index (Phi) is 2.86. The van der Waals surface area contributed by atoms with Crippen molar-refractivity contribution in [2.45, 2.75) is 0 Å². The van der Waals surface area contributed by atoms with Crippen LogP contribution in [0.3, 0.4) is 0 Å². The number of hydrogen-bond acceptors (Lipinski definition) is 5. The first kappa shape index (κ1) is 12.6. The van der Waals surface area contributed by atoms with Gasteiger partial charge in [-0.3, -0.25) is 4.79 Å². The third-order valence-corrected chi connectivity index (χ3v) is 3.37. The molecule has 2 heterocycles. The second-order valence-corrected chi connectivity index (χ2v) is 4.76. The van der Waals surface area contributed by atoms with Crippen molar-refractivity contribution in [3.63, 3.8) is 0 Å². The highest BCUT2D eigenvalue weighted by molar-refractivity contribution is 6.11. The Balaban J connectivity index is 1.79. The summed E-state index contributed by atoms with van der Waals surface area (Å²) in [4.78, 5) is 16.7. The van der Waals surface area contributed by atoms with Crippen molar-refractivity contribution in [3.8, 4) is 5.75 Å². The van der Waals surface area contributed by atoms with E-state index in [2.05, 4.69) is 15.5 Å². The largest absolute Gasteiger partial charge is 0.486 e. The van der Waals surface area contributed by atoms with Gasteiger partial charge in [0.25, 0.3) is 5.91 Å². The van der Waals surface area contributed by atoms with E-state index >= 15 is 0 Å². The summed E-state index contributed by atoms with van der Waals surface area (Å²) in [5.41, 5.74) is 1.68. The molecular formula is C16H11N3O3. The molecule has 0 radical (unpaired) electrons. The van der Waals surface area contributed by atoms with Gasteiger partial charge < -0.3 is 14.6 Å². The van der Waals surface area contributed by atoms with Crippen LogP contribution in [0.25, 0.3) is 11.0 Å². The molecule has 1 aliphatic rings. The lowest BCUT2D eigenvalue weighted by Crippen LogP contribution is -2.14. The SMILES string of the molecule is O=C(Nc1ccccc1)c1ccc2onc3c2c1OCC=N3. The van der Waals surface area contributed by atoms with Crippen LogP contribution in [0.15, 0.2) is 52.0 Å². The monoisotopic (exact) mass is 293 g/mol. The summed E-state index contributed by atoms with van der Waals surface area (Å²) in [5, 5.41) is 7.35. The Morgan fingerprint density at radius 3 is 2.86 bits per heavy atom. The predicted octanol–water partition coefficient (Wildman–Crippen LogP) is 3.17. The van der Waals surface area contributed by atoms with Crippen LogP contribution < -0.4 is 10.1 Å². The average molecular weight is 293 g/mol. The average Bonchev–Trinajstić information content (AvgIpc) is 2.83. The second-order valence-electron chi connectivity index (χ2n) is 4.76. The van der Waals surface area contributed by atoms with Crippen LogP contribution >= 0.6 is 0 Å². The Labute approximate surface area is 125 Å². The highest BCUT2D eigenvalue weighted by atomic mass is 16.5. The molecule has 0 fully saturated rings. The molecule has 0 saturated carbocycles. The van der Waals surface area contributed by atoms with Crippen molar-refractivity contribution in [2.24, 2.45) is 4.99 Å². The number of anilines is 1. The van der Waals surface area contributed by atoms with E-state index in [0.717, 1.165) is 5.69 Å². The second kappa shape index (κ2) is 5.00. The third-order valence-electron chi connectivity index (χ3n) is 3.37. The molecule has 1 N–H and O–H groups in total. The first-order chi connectivity index (χ1) is 10.8. The molecular weight excluding hydrogens is 282 g/mol. The molecule has 22 heavy (non-hydrogen) atoms. The number of aromatic nitrogens is 1. The number of carbonyl (C=O) groups is 1. The quantitative estimate of drug-likeness (QED) is 0.787. The fraction of sp³-hybridized carbons (Fsp3) is 0.0625. The fourth-order valence-corrected chi connectivity index (χ4v) is 2.37. The predicted molar refractivity (Wildman–Crippen MR) is 82.1 cm³/mol. The summed E-state index contributed by atoms with van der Waals surface area (Å²) in [6.07, 6.45) is 1.59. The Morgan fingerprint density at radius 2 is 2.00 bits per heavy atom. The minimum atomic E-state index is -0.253. The zero-order valence-electron chi connectivity index (χ0n) is 11.4. The van der Waals surface area contributed by atoms with Gasteiger partial charge in [-0.25, -0.2) is 4.99 Å². The summed E-state index contributed by atoms with van der Waals surface area (Å²) in [7, 11) is 0. The number of hydrogen-bond donors (Lipinski definition) is 1. The van der Waals surface area contributed by atoms with Gasteiger partial charge in [0.1, 0.15) is 17.7 Å². The highest BCUT2D eigenvalue weighted by Crippen LogP contribution is 2.38. The summed E-state index contributed by atoms with van der Waals surface area (Å²) >= 11 is 0. The molecule has 0 saturated heterocycles. The van der Waals surface area contributed by atoms with Crippen LogP contribution in [-0.4, -0.2) is 23.9 Å². The summed E-state index contributed by atoms with van der Waals surface area (Å²) in [6, 6.07) is 12.6. The number of carbonyl (C=O) groups excluding carboxylic acids is 1. The normalized spacial score (nSPS) is 12.7. The van der Waals surface area contributed by atoms with Gasteiger partial charge in [0.2, 0.25) is 5.82 Å². The van der Waals surface area contributed by atoms with Gasteiger partial charge >= 0.3 is 0 Å². The molecule has 0 bridgehead atoms. The van der Waals surface area contributed by atoms with E-state index < -0.39 is 0 Å². The third kappa shape index (κ3) is 2.01. The van der Waals surface area contributed by atoms with Gasteiger partial charge in [0.15, 0.2) is 5.58 Å². The maximum absolute atomic E-state index is 12.5. The van der Waals surface area contributed by atoms with Gasteiger partial charge in [-0.2, -0.15) is 0 Å². The Bertz CT molecular complexity index is 884. The number of rotatable bonds is 2. The van der Waals surface area contributed by atoms with E-state index in [1.807, 2.05) is 30.3 Å². The molecule has 0 unspecified atom stereocenters. The Hall–Kier alpha value is -3.15. The van der Waals surface area contributed by atoms with E-state index in [4.69, 9.17) is 9.26 Å². The van der Waals surface area contributed by atoms with Crippen molar-refractivity contribution in [1.82, 2.24) is 5.16 Å².